The minimum atomic E-state index is -0.173. The Morgan fingerprint density at radius 1 is 1.21 bits per heavy atom. The first-order valence-corrected chi connectivity index (χ1v) is 8.02. The zero-order valence-corrected chi connectivity index (χ0v) is 13.5. The summed E-state index contributed by atoms with van der Waals surface area (Å²) >= 11 is 0. The van der Waals surface area contributed by atoms with E-state index in [2.05, 4.69) is 13.0 Å². The molecule has 0 saturated carbocycles. The molecule has 0 bridgehead atoms. The fraction of sp³-hybridized carbons (Fsp3) is 0.200. The highest BCUT2D eigenvalue weighted by Gasteiger charge is 2.15. The first-order valence-electron chi connectivity index (χ1n) is 8.02. The molecule has 0 N–H and O–H groups in total. The fourth-order valence-electron chi connectivity index (χ4n) is 2.63. The Hall–Kier alpha value is -3.06. The SMILES string of the molecule is CCCCOc1cccc(C(=O)n2cc(C#N)c3ccccc32)c1. The van der Waals surface area contributed by atoms with Gasteiger partial charge in [-0.3, -0.25) is 9.36 Å². The molecule has 4 heteroatoms. The molecule has 0 amide bonds. The topological polar surface area (TPSA) is 55.0 Å². The van der Waals surface area contributed by atoms with Crippen LogP contribution in [0, 0.1) is 11.3 Å². The first-order chi connectivity index (χ1) is 11.7. The molecule has 0 saturated heterocycles. The normalized spacial score (nSPS) is 10.5. The molecule has 0 atom stereocenters. The summed E-state index contributed by atoms with van der Waals surface area (Å²) in [5.74, 6) is 0.514. The van der Waals surface area contributed by atoms with Crippen LogP contribution in [0.1, 0.15) is 35.7 Å². The average Bonchev–Trinajstić information content (AvgIpc) is 3.00. The van der Waals surface area contributed by atoms with Gasteiger partial charge >= 0.3 is 0 Å². The van der Waals surface area contributed by atoms with Gasteiger partial charge in [-0.25, -0.2) is 0 Å². The molecule has 0 unspecified atom stereocenters. The van der Waals surface area contributed by atoms with Gasteiger partial charge in [0.2, 0.25) is 0 Å². The highest BCUT2D eigenvalue weighted by atomic mass is 16.5. The van der Waals surface area contributed by atoms with Crippen LogP contribution < -0.4 is 4.74 Å². The number of carbonyl (C=O) groups is 1. The second-order valence-corrected chi connectivity index (χ2v) is 5.58. The Kier molecular flexibility index (Phi) is 4.62. The van der Waals surface area contributed by atoms with Gasteiger partial charge < -0.3 is 4.74 Å². The van der Waals surface area contributed by atoms with Crippen LogP contribution in [0.4, 0.5) is 0 Å². The molecule has 1 aromatic heterocycles. The second kappa shape index (κ2) is 7.01. The first kappa shape index (κ1) is 15.8. The summed E-state index contributed by atoms with van der Waals surface area (Å²) in [7, 11) is 0. The summed E-state index contributed by atoms with van der Waals surface area (Å²) in [4.78, 5) is 12.9. The highest BCUT2D eigenvalue weighted by molar-refractivity contribution is 6.03. The van der Waals surface area contributed by atoms with E-state index < -0.39 is 0 Å². The van der Waals surface area contributed by atoms with Crippen molar-refractivity contribution in [3.05, 3.63) is 65.9 Å². The Bertz CT molecular complexity index is 919. The summed E-state index contributed by atoms with van der Waals surface area (Å²) in [6.07, 6.45) is 3.63. The van der Waals surface area contributed by atoms with Crippen LogP contribution in [0.2, 0.25) is 0 Å². The summed E-state index contributed by atoms with van der Waals surface area (Å²) in [6, 6.07) is 16.7. The van der Waals surface area contributed by atoms with Crippen LogP contribution in [0.15, 0.2) is 54.7 Å². The van der Waals surface area contributed by atoms with Gasteiger partial charge in [-0.05, 0) is 30.7 Å². The van der Waals surface area contributed by atoms with E-state index in [0.29, 0.717) is 23.5 Å². The smallest absolute Gasteiger partial charge is 0.262 e. The van der Waals surface area contributed by atoms with E-state index in [-0.39, 0.29) is 5.91 Å². The molecule has 0 aliphatic rings. The molecule has 0 radical (unpaired) electrons. The van der Waals surface area contributed by atoms with Crippen LogP contribution in [0.3, 0.4) is 0 Å². The van der Waals surface area contributed by atoms with E-state index in [1.807, 2.05) is 36.4 Å². The predicted molar refractivity (Wildman–Crippen MR) is 93.2 cm³/mol. The average molecular weight is 318 g/mol. The van der Waals surface area contributed by atoms with Crippen LogP contribution in [-0.4, -0.2) is 17.1 Å². The quantitative estimate of drug-likeness (QED) is 0.656. The van der Waals surface area contributed by atoms with Gasteiger partial charge in [0.15, 0.2) is 0 Å². The van der Waals surface area contributed by atoms with Crippen molar-refractivity contribution in [1.82, 2.24) is 4.57 Å². The number of carbonyl (C=O) groups excluding carboxylic acids is 1. The van der Waals surface area contributed by atoms with Crippen molar-refractivity contribution in [3.8, 4) is 11.8 Å². The maximum Gasteiger partial charge on any atom is 0.262 e. The van der Waals surface area contributed by atoms with Crippen LogP contribution in [-0.2, 0) is 0 Å². The number of nitrogens with zero attached hydrogens (tertiary/aromatic N) is 2. The van der Waals surface area contributed by atoms with Crippen molar-refractivity contribution in [2.75, 3.05) is 6.61 Å². The summed E-state index contributed by atoms with van der Waals surface area (Å²) in [5.41, 5.74) is 1.76. The van der Waals surface area contributed by atoms with Crippen LogP contribution in [0.25, 0.3) is 10.9 Å². The largest absolute Gasteiger partial charge is 0.494 e. The van der Waals surface area contributed by atoms with Crippen molar-refractivity contribution in [1.29, 1.82) is 5.26 Å². The van der Waals surface area contributed by atoms with Crippen LogP contribution >= 0.6 is 0 Å². The predicted octanol–water partition coefficient (Wildman–Crippen LogP) is 4.38. The van der Waals surface area contributed by atoms with Gasteiger partial charge in [-0.1, -0.05) is 37.6 Å². The third-order valence-corrected chi connectivity index (χ3v) is 3.90. The lowest BCUT2D eigenvalue weighted by molar-refractivity contribution is 0.0964. The number of nitriles is 1. The van der Waals surface area contributed by atoms with Gasteiger partial charge in [-0.2, -0.15) is 5.26 Å². The highest BCUT2D eigenvalue weighted by Crippen LogP contribution is 2.23. The number of ether oxygens (including phenoxy) is 1. The number of para-hydroxylation sites is 1. The molecule has 1 heterocycles. The van der Waals surface area contributed by atoms with Gasteiger partial charge in [-0.15, -0.1) is 0 Å². The third-order valence-electron chi connectivity index (χ3n) is 3.90. The van der Waals surface area contributed by atoms with Crippen molar-refractivity contribution < 1.29 is 9.53 Å². The van der Waals surface area contributed by atoms with Crippen molar-refractivity contribution >= 4 is 16.8 Å². The molecule has 3 aromatic rings. The maximum absolute atomic E-state index is 12.9. The summed E-state index contributed by atoms with van der Waals surface area (Å²) < 4.78 is 7.20. The third kappa shape index (κ3) is 3.02. The summed E-state index contributed by atoms with van der Waals surface area (Å²) in [6.45, 7) is 2.74. The van der Waals surface area contributed by atoms with Gasteiger partial charge in [0.05, 0.1) is 17.7 Å². The number of hydrogen-bond acceptors (Lipinski definition) is 3. The van der Waals surface area contributed by atoms with Crippen molar-refractivity contribution in [2.24, 2.45) is 0 Å². The van der Waals surface area contributed by atoms with Gasteiger partial charge in [0.1, 0.15) is 11.8 Å². The number of unbranched alkanes of at least 4 members (excludes halogenated alkanes) is 1. The Morgan fingerprint density at radius 2 is 2.04 bits per heavy atom. The lowest BCUT2D eigenvalue weighted by Crippen LogP contribution is -2.11. The molecule has 0 fully saturated rings. The number of aromatic nitrogens is 1. The fourth-order valence-corrected chi connectivity index (χ4v) is 2.63. The second-order valence-electron chi connectivity index (χ2n) is 5.58. The molecule has 24 heavy (non-hydrogen) atoms. The Balaban J connectivity index is 1.95. The minimum absolute atomic E-state index is 0.173. The van der Waals surface area contributed by atoms with Crippen molar-refractivity contribution in [3.63, 3.8) is 0 Å². The molecule has 3 rings (SSSR count). The molecule has 0 aliphatic heterocycles. The van der Waals surface area contributed by atoms with E-state index in [0.717, 1.165) is 23.7 Å². The molecule has 0 spiro atoms. The Morgan fingerprint density at radius 3 is 2.83 bits per heavy atom. The van der Waals surface area contributed by atoms with Crippen molar-refractivity contribution in [2.45, 2.75) is 19.8 Å². The van der Waals surface area contributed by atoms with Gasteiger partial charge in [0, 0.05) is 17.1 Å². The van der Waals surface area contributed by atoms with E-state index in [1.165, 1.54) is 4.57 Å². The zero-order chi connectivity index (χ0) is 16.9. The molecule has 4 nitrogen and oxygen atoms in total. The Labute approximate surface area is 140 Å². The maximum atomic E-state index is 12.9. The van der Waals surface area contributed by atoms with E-state index in [9.17, 15) is 10.1 Å². The van der Waals surface area contributed by atoms with E-state index in [4.69, 9.17) is 4.74 Å². The molecular formula is C20H18N2O2. The lowest BCUT2D eigenvalue weighted by atomic mass is 10.2. The van der Waals surface area contributed by atoms with Crippen LogP contribution in [0.5, 0.6) is 5.75 Å². The van der Waals surface area contributed by atoms with E-state index >= 15 is 0 Å². The number of fused-ring (bicyclic) bond motifs is 1. The molecular weight excluding hydrogens is 300 g/mol. The monoisotopic (exact) mass is 318 g/mol. The standard InChI is InChI=1S/C20H18N2O2/c1-2-3-11-24-17-8-6-7-15(12-17)20(23)22-14-16(13-21)18-9-4-5-10-19(18)22/h4-10,12,14H,2-3,11H2,1H3. The number of benzene rings is 2. The molecule has 120 valence electrons. The molecule has 2 aromatic carbocycles. The zero-order valence-electron chi connectivity index (χ0n) is 13.5. The van der Waals surface area contributed by atoms with Gasteiger partial charge in [0.25, 0.3) is 5.91 Å². The minimum Gasteiger partial charge on any atom is -0.494 e. The van der Waals surface area contributed by atoms with E-state index in [1.54, 1.807) is 18.3 Å². The summed E-state index contributed by atoms with van der Waals surface area (Å²) in [5, 5.41) is 10.1. The number of hydrogen-bond donors (Lipinski definition) is 0. The molecule has 0 aliphatic carbocycles. The lowest BCUT2D eigenvalue weighted by Gasteiger charge is -2.08. The number of rotatable bonds is 5.